The van der Waals surface area contributed by atoms with Crippen LogP contribution in [0.15, 0.2) is 24.3 Å². The van der Waals surface area contributed by atoms with Gasteiger partial charge in [-0.1, -0.05) is 23.2 Å². The first-order valence-electron chi connectivity index (χ1n) is 6.59. The average molecular weight is 326 g/mol. The number of benzene rings is 1. The molecular weight excluding hydrogens is 309 g/mol. The van der Waals surface area contributed by atoms with Crippen LogP contribution < -0.4 is 5.32 Å². The Hall–Kier alpha value is -1.20. The number of nitrogens with one attached hydrogen (secondary N) is 1. The van der Waals surface area contributed by atoms with Gasteiger partial charge in [0.25, 0.3) is 0 Å². The molecule has 1 aromatic heterocycles. The van der Waals surface area contributed by atoms with E-state index in [1.165, 1.54) is 0 Å². The van der Waals surface area contributed by atoms with Crippen LogP contribution in [0.4, 0.5) is 0 Å². The van der Waals surface area contributed by atoms with E-state index in [2.05, 4.69) is 15.3 Å². The van der Waals surface area contributed by atoms with Gasteiger partial charge in [0.15, 0.2) is 5.82 Å². The van der Waals surface area contributed by atoms with Gasteiger partial charge in [0.2, 0.25) is 0 Å². The van der Waals surface area contributed by atoms with Crippen molar-refractivity contribution in [2.24, 2.45) is 0 Å². The van der Waals surface area contributed by atoms with Gasteiger partial charge in [0, 0.05) is 41.5 Å². The van der Waals surface area contributed by atoms with Crippen molar-refractivity contribution in [3.05, 3.63) is 45.7 Å². The molecule has 0 spiro atoms. The second-order valence-electron chi connectivity index (χ2n) is 4.65. The molecule has 4 nitrogen and oxygen atoms in total. The third-order valence-electron chi connectivity index (χ3n) is 2.82. The van der Waals surface area contributed by atoms with Crippen molar-refractivity contribution in [2.45, 2.75) is 13.5 Å². The average Bonchev–Trinajstić information content (AvgIpc) is 2.42. The fraction of sp³-hybridized carbons (Fsp3) is 0.333. The molecule has 1 N–H and O–H groups in total. The van der Waals surface area contributed by atoms with Crippen molar-refractivity contribution in [3.8, 4) is 11.4 Å². The number of hydrogen-bond acceptors (Lipinski definition) is 4. The monoisotopic (exact) mass is 325 g/mol. The summed E-state index contributed by atoms with van der Waals surface area (Å²) < 4.78 is 5.00. The molecule has 6 heteroatoms. The zero-order chi connectivity index (χ0) is 15.2. The molecule has 0 saturated carbocycles. The highest BCUT2D eigenvalue weighted by Crippen LogP contribution is 2.25. The van der Waals surface area contributed by atoms with E-state index in [1.807, 2.05) is 25.1 Å². The first kappa shape index (κ1) is 16.2. The molecule has 0 aliphatic carbocycles. The predicted molar refractivity (Wildman–Crippen MR) is 85.8 cm³/mol. The smallest absolute Gasteiger partial charge is 0.159 e. The summed E-state index contributed by atoms with van der Waals surface area (Å²) in [4.78, 5) is 9.00. The molecule has 0 atom stereocenters. The maximum Gasteiger partial charge on any atom is 0.159 e. The molecule has 2 aromatic rings. The van der Waals surface area contributed by atoms with Crippen molar-refractivity contribution >= 4 is 23.2 Å². The lowest BCUT2D eigenvalue weighted by Crippen LogP contribution is -2.19. The Kier molecular flexibility index (Phi) is 5.94. The lowest BCUT2D eigenvalue weighted by atomic mass is 10.2. The number of hydrogen-bond donors (Lipinski definition) is 1. The highest BCUT2D eigenvalue weighted by atomic mass is 35.5. The van der Waals surface area contributed by atoms with E-state index in [9.17, 15) is 0 Å². The van der Waals surface area contributed by atoms with Gasteiger partial charge in [-0.3, -0.25) is 0 Å². The van der Waals surface area contributed by atoms with Crippen LogP contribution in [0, 0.1) is 6.92 Å². The maximum absolute atomic E-state index is 6.03. The lowest BCUT2D eigenvalue weighted by molar-refractivity contribution is 0.199. The molecule has 0 saturated heterocycles. The minimum absolute atomic E-state index is 0.572. The lowest BCUT2D eigenvalue weighted by Gasteiger charge is -2.08. The number of aromatic nitrogens is 2. The molecule has 1 aromatic carbocycles. The van der Waals surface area contributed by atoms with Crippen LogP contribution in [0.2, 0.25) is 10.0 Å². The largest absolute Gasteiger partial charge is 0.383 e. The van der Waals surface area contributed by atoms with Crippen LogP contribution in [0.3, 0.4) is 0 Å². The molecule has 112 valence electrons. The number of nitrogens with zero attached hydrogens (tertiary/aromatic N) is 2. The Morgan fingerprint density at radius 3 is 2.48 bits per heavy atom. The molecule has 0 radical (unpaired) electrons. The van der Waals surface area contributed by atoms with E-state index in [4.69, 9.17) is 27.9 Å². The Morgan fingerprint density at radius 2 is 1.81 bits per heavy atom. The molecule has 0 aliphatic rings. The molecule has 2 rings (SSSR count). The van der Waals surface area contributed by atoms with E-state index in [1.54, 1.807) is 13.2 Å². The quantitative estimate of drug-likeness (QED) is 0.826. The molecule has 0 unspecified atom stereocenters. The molecule has 0 amide bonds. The third-order valence-corrected chi connectivity index (χ3v) is 3.25. The summed E-state index contributed by atoms with van der Waals surface area (Å²) in [5, 5.41) is 4.41. The zero-order valence-electron chi connectivity index (χ0n) is 12.0. The van der Waals surface area contributed by atoms with Gasteiger partial charge >= 0.3 is 0 Å². The zero-order valence-corrected chi connectivity index (χ0v) is 13.5. The summed E-state index contributed by atoms with van der Waals surface area (Å²) in [5.74, 6) is 0.628. The Labute approximate surface area is 134 Å². The summed E-state index contributed by atoms with van der Waals surface area (Å²) in [6.45, 7) is 4.04. The Bertz CT molecular complexity index is 600. The van der Waals surface area contributed by atoms with E-state index in [-0.39, 0.29) is 0 Å². The van der Waals surface area contributed by atoms with Crippen LogP contribution >= 0.6 is 23.2 Å². The van der Waals surface area contributed by atoms with E-state index >= 15 is 0 Å². The predicted octanol–water partition coefficient (Wildman–Crippen LogP) is 3.49. The van der Waals surface area contributed by atoms with Crippen molar-refractivity contribution in [2.75, 3.05) is 20.3 Å². The molecular formula is C15H17Cl2N3O. The minimum atomic E-state index is 0.572. The van der Waals surface area contributed by atoms with E-state index < -0.39 is 0 Å². The second kappa shape index (κ2) is 7.71. The van der Waals surface area contributed by atoms with Gasteiger partial charge in [-0.05, 0) is 31.2 Å². The Morgan fingerprint density at radius 1 is 1.10 bits per heavy atom. The maximum atomic E-state index is 6.03. The topological polar surface area (TPSA) is 47.0 Å². The van der Waals surface area contributed by atoms with Crippen LogP contribution in [0.25, 0.3) is 11.4 Å². The minimum Gasteiger partial charge on any atom is -0.383 e. The summed E-state index contributed by atoms with van der Waals surface area (Å²) in [5.41, 5.74) is 2.64. The highest BCUT2D eigenvalue weighted by Gasteiger charge is 2.07. The number of methoxy groups -OCH3 is 1. The molecule has 0 bridgehead atoms. The fourth-order valence-electron chi connectivity index (χ4n) is 1.93. The standard InChI is InChI=1S/C15H17Cl2N3O/c1-10-5-14(9-18-3-4-21-2)20-15(19-10)11-6-12(16)8-13(17)7-11/h5-8,18H,3-4,9H2,1-2H3. The van der Waals surface area contributed by atoms with E-state index in [0.717, 1.165) is 23.5 Å². The normalized spacial score (nSPS) is 10.9. The summed E-state index contributed by atoms with van der Waals surface area (Å²) >= 11 is 12.1. The van der Waals surface area contributed by atoms with Crippen LogP contribution in [0.1, 0.15) is 11.4 Å². The van der Waals surface area contributed by atoms with Crippen molar-refractivity contribution < 1.29 is 4.74 Å². The SMILES string of the molecule is COCCNCc1cc(C)nc(-c2cc(Cl)cc(Cl)c2)n1. The van der Waals surface area contributed by atoms with Gasteiger partial charge < -0.3 is 10.1 Å². The van der Waals surface area contributed by atoms with E-state index in [0.29, 0.717) is 29.0 Å². The summed E-state index contributed by atoms with van der Waals surface area (Å²) in [6.07, 6.45) is 0. The van der Waals surface area contributed by atoms with Crippen LogP contribution in [-0.2, 0) is 11.3 Å². The van der Waals surface area contributed by atoms with Gasteiger partial charge in [-0.15, -0.1) is 0 Å². The fourth-order valence-corrected chi connectivity index (χ4v) is 2.45. The summed E-state index contributed by atoms with van der Waals surface area (Å²) in [6, 6.07) is 7.26. The number of halogens is 2. The molecule has 1 heterocycles. The molecule has 0 aliphatic heterocycles. The van der Waals surface area contributed by atoms with Gasteiger partial charge in [0.05, 0.1) is 12.3 Å². The Balaban J connectivity index is 2.21. The van der Waals surface area contributed by atoms with Gasteiger partial charge in [-0.25, -0.2) is 9.97 Å². The molecule has 0 fully saturated rings. The first-order chi connectivity index (χ1) is 10.1. The van der Waals surface area contributed by atoms with Crippen LogP contribution in [0.5, 0.6) is 0 Å². The summed E-state index contributed by atoms with van der Waals surface area (Å²) in [7, 11) is 1.68. The van der Waals surface area contributed by atoms with Gasteiger partial charge in [0.1, 0.15) is 0 Å². The number of aryl methyl sites for hydroxylation is 1. The van der Waals surface area contributed by atoms with Crippen LogP contribution in [-0.4, -0.2) is 30.2 Å². The highest BCUT2D eigenvalue weighted by molar-refractivity contribution is 6.35. The third kappa shape index (κ3) is 4.93. The van der Waals surface area contributed by atoms with Crippen molar-refractivity contribution in [3.63, 3.8) is 0 Å². The number of ether oxygens (including phenoxy) is 1. The second-order valence-corrected chi connectivity index (χ2v) is 5.52. The molecule has 21 heavy (non-hydrogen) atoms. The van der Waals surface area contributed by atoms with Crippen molar-refractivity contribution in [1.82, 2.24) is 15.3 Å². The number of rotatable bonds is 6. The van der Waals surface area contributed by atoms with Crippen molar-refractivity contribution in [1.29, 1.82) is 0 Å². The first-order valence-corrected chi connectivity index (χ1v) is 7.35. The van der Waals surface area contributed by atoms with Gasteiger partial charge in [-0.2, -0.15) is 0 Å².